The SMILES string of the molecule is CC1=C(C)C(C)=C([SiH3])NC=C1. The van der Waals surface area contributed by atoms with Crippen LogP contribution in [0.25, 0.3) is 0 Å². The second kappa shape index (κ2) is 3.09. The van der Waals surface area contributed by atoms with Gasteiger partial charge in [-0.05, 0) is 48.9 Å². The molecule has 1 aliphatic rings. The van der Waals surface area contributed by atoms with E-state index in [9.17, 15) is 0 Å². The minimum absolute atomic E-state index is 1.09. The van der Waals surface area contributed by atoms with Gasteiger partial charge in [0.15, 0.2) is 0 Å². The Balaban J connectivity index is 3.15. The van der Waals surface area contributed by atoms with Crippen molar-refractivity contribution in [3.8, 4) is 0 Å². The molecule has 1 heterocycles. The van der Waals surface area contributed by atoms with E-state index in [0.29, 0.717) is 0 Å². The lowest BCUT2D eigenvalue weighted by Gasteiger charge is -2.06. The molecular formula is C9H15NSi. The second-order valence-corrected chi connectivity index (χ2v) is 4.04. The van der Waals surface area contributed by atoms with Gasteiger partial charge in [-0.25, -0.2) is 0 Å². The molecule has 0 unspecified atom stereocenters. The van der Waals surface area contributed by atoms with Gasteiger partial charge in [-0.15, -0.1) is 0 Å². The minimum Gasteiger partial charge on any atom is -0.369 e. The van der Waals surface area contributed by atoms with Gasteiger partial charge in [-0.3, -0.25) is 0 Å². The summed E-state index contributed by atoms with van der Waals surface area (Å²) in [6.07, 6.45) is 4.15. The van der Waals surface area contributed by atoms with Crippen LogP contribution in [0.5, 0.6) is 0 Å². The molecule has 1 rings (SSSR count). The van der Waals surface area contributed by atoms with Crippen molar-refractivity contribution in [1.82, 2.24) is 5.32 Å². The van der Waals surface area contributed by atoms with Crippen LogP contribution in [0.4, 0.5) is 0 Å². The summed E-state index contributed by atoms with van der Waals surface area (Å²) in [5, 5.41) is 4.66. The summed E-state index contributed by atoms with van der Waals surface area (Å²) < 4.78 is 0. The van der Waals surface area contributed by atoms with Gasteiger partial charge in [0.25, 0.3) is 0 Å². The van der Waals surface area contributed by atoms with E-state index in [-0.39, 0.29) is 0 Å². The molecule has 0 fully saturated rings. The van der Waals surface area contributed by atoms with Crippen LogP contribution in [0, 0.1) is 0 Å². The van der Waals surface area contributed by atoms with Crippen LogP contribution < -0.4 is 5.32 Å². The average molecular weight is 165 g/mol. The first-order valence-electron chi connectivity index (χ1n) is 3.91. The Hall–Kier alpha value is -0.763. The standard InChI is InChI=1S/C9H15NSi/c1-6-4-5-10-9(11)8(3)7(6)2/h4-5,10H,1-3,11H3. The Bertz CT molecular complexity index is 259. The molecule has 0 saturated carbocycles. The molecule has 2 heteroatoms. The molecule has 0 aromatic heterocycles. The number of rotatable bonds is 0. The molecule has 0 aliphatic carbocycles. The van der Waals surface area contributed by atoms with Gasteiger partial charge in [0.1, 0.15) is 0 Å². The van der Waals surface area contributed by atoms with Crippen LogP contribution >= 0.6 is 0 Å². The molecule has 0 atom stereocenters. The van der Waals surface area contributed by atoms with Crippen LogP contribution in [-0.2, 0) is 0 Å². The van der Waals surface area contributed by atoms with E-state index in [2.05, 4.69) is 32.2 Å². The lowest BCUT2D eigenvalue weighted by molar-refractivity contribution is 1.13. The highest BCUT2D eigenvalue weighted by Crippen LogP contribution is 2.18. The van der Waals surface area contributed by atoms with Crippen molar-refractivity contribution in [2.75, 3.05) is 0 Å². The van der Waals surface area contributed by atoms with Gasteiger partial charge in [0.05, 0.1) is 10.2 Å². The van der Waals surface area contributed by atoms with Crippen molar-refractivity contribution < 1.29 is 0 Å². The molecule has 1 aliphatic heterocycles. The fourth-order valence-electron chi connectivity index (χ4n) is 1.10. The van der Waals surface area contributed by atoms with Crippen LogP contribution in [-0.4, -0.2) is 10.2 Å². The highest BCUT2D eigenvalue weighted by molar-refractivity contribution is 6.22. The van der Waals surface area contributed by atoms with E-state index < -0.39 is 0 Å². The van der Waals surface area contributed by atoms with E-state index in [1.54, 1.807) is 0 Å². The van der Waals surface area contributed by atoms with E-state index in [4.69, 9.17) is 0 Å². The molecule has 0 radical (unpaired) electrons. The van der Waals surface area contributed by atoms with Gasteiger partial charge in [0.2, 0.25) is 0 Å². The summed E-state index contributed by atoms with van der Waals surface area (Å²) in [6.45, 7) is 6.51. The van der Waals surface area contributed by atoms with Gasteiger partial charge in [-0.1, -0.05) is 0 Å². The third-order valence-corrected chi connectivity index (χ3v) is 3.39. The quantitative estimate of drug-likeness (QED) is 0.529. The predicted molar refractivity (Wildman–Crippen MR) is 53.3 cm³/mol. The van der Waals surface area contributed by atoms with Gasteiger partial charge >= 0.3 is 0 Å². The monoisotopic (exact) mass is 165 g/mol. The van der Waals surface area contributed by atoms with E-state index in [1.165, 1.54) is 22.0 Å². The van der Waals surface area contributed by atoms with Crippen LogP contribution in [0.1, 0.15) is 20.8 Å². The lowest BCUT2D eigenvalue weighted by atomic mass is 10.1. The summed E-state index contributed by atoms with van der Waals surface area (Å²) in [5.74, 6) is 0. The lowest BCUT2D eigenvalue weighted by Crippen LogP contribution is -2.05. The Labute approximate surface area is 71.3 Å². The van der Waals surface area contributed by atoms with Gasteiger partial charge < -0.3 is 5.32 Å². The largest absolute Gasteiger partial charge is 0.369 e. The van der Waals surface area contributed by atoms with E-state index >= 15 is 0 Å². The Morgan fingerprint density at radius 1 is 1.18 bits per heavy atom. The summed E-state index contributed by atoms with van der Waals surface area (Å²) >= 11 is 0. The Morgan fingerprint density at radius 2 is 1.82 bits per heavy atom. The Morgan fingerprint density at radius 3 is 2.45 bits per heavy atom. The summed E-state index contributed by atoms with van der Waals surface area (Å²) in [4.78, 5) is 0. The van der Waals surface area contributed by atoms with Crippen LogP contribution in [0.2, 0.25) is 0 Å². The zero-order chi connectivity index (χ0) is 8.43. The maximum absolute atomic E-state index is 3.27. The normalized spacial score (nSPS) is 18.8. The third-order valence-electron chi connectivity index (χ3n) is 2.35. The highest BCUT2D eigenvalue weighted by atomic mass is 28.1. The van der Waals surface area contributed by atoms with Crippen molar-refractivity contribution >= 4 is 10.2 Å². The van der Waals surface area contributed by atoms with Crippen LogP contribution in [0.15, 0.2) is 34.3 Å². The van der Waals surface area contributed by atoms with Gasteiger partial charge in [-0.2, -0.15) is 0 Å². The summed E-state index contributed by atoms with van der Waals surface area (Å²) in [5.41, 5.74) is 4.19. The first-order valence-corrected chi connectivity index (χ1v) is 4.91. The second-order valence-electron chi connectivity index (χ2n) is 3.04. The van der Waals surface area contributed by atoms with Crippen LogP contribution in [0.3, 0.4) is 0 Å². The van der Waals surface area contributed by atoms with E-state index in [1.807, 2.05) is 6.20 Å². The Kier molecular flexibility index (Phi) is 2.34. The minimum atomic E-state index is 1.09. The molecular weight excluding hydrogens is 150 g/mol. The molecule has 0 bridgehead atoms. The maximum atomic E-state index is 3.27. The first-order chi connectivity index (χ1) is 5.13. The van der Waals surface area contributed by atoms with Crippen molar-refractivity contribution in [2.24, 2.45) is 0 Å². The number of allylic oxidation sites excluding steroid dienone is 4. The molecule has 1 N–H and O–H groups in total. The highest BCUT2D eigenvalue weighted by Gasteiger charge is 2.02. The molecule has 0 saturated heterocycles. The maximum Gasteiger partial charge on any atom is 0.0595 e. The molecule has 0 spiro atoms. The van der Waals surface area contributed by atoms with Crippen molar-refractivity contribution in [2.45, 2.75) is 20.8 Å². The van der Waals surface area contributed by atoms with E-state index in [0.717, 1.165) is 10.2 Å². The predicted octanol–water partition coefficient (Wildman–Crippen LogP) is 1.04. The van der Waals surface area contributed by atoms with Crippen molar-refractivity contribution in [3.05, 3.63) is 34.3 Å². The molecule has 0 aromatic carbocycles. The average Bonchev–Trinajstić information content (AvgIpc) is 2.07. The fraction of sp³-hybridized carbons (Fsp3) is 0.333. The van der Waals surface area contributed by atoms with Gasteiger partial charge in [0, 0.05) is 6.20 Å². The molecule has 0 amide bonds. The molecule has 1 nitrogen and oxygen atoms in total. The zero-order valence-corrected chi connectivity index (χ0v) is 9.65. The van der Waals surface area contributed by atoms with Crippen molar-refractivity contribution in [1.29, 1.82) is 0 Å². The zero-order valence-electron chi connectivity index (χ0n) is 7.65. The fourth-order valence-corrected chi connectivity index (χ4v) is 1.64. The number of hydrogen-bond acceptors (Lipinski definition) is 1. The summed E-state index contributed by atoms with van der Waals surface area (Å²) in [7, 11) is 1.09. The third kappa shape index (κ3) is 1.63. The number of nitrogens with one attached hydrogen (secondary N) is 1. The first kappa shape index (κ1) is 8.33. The number of hydrogen-bond donors (Lipinski definition) is 1. The molecule has 0 aromatic rings. The molecule has 11 heavy (non-hydrogen) atoms. The summed E-state index contributed by atoms with van der Waals surface area (Å²) in [6, 6.07) is 0. The smallest absolute Gasteiger partial charge is 0.0595 e. The molecule has 60 valence electrons. The topological polar surface area (TPSA) is 12.0 Å². The van der Waals surface area contributed by atoms with Crippen molar-refractivity contribution in [3.63, 3.8) is 0 Å².